The molecule has 0 fully saturated rings. The minimum Gasteiger partial charge on any atom is -0.369 e. The van der Waals surface area contributed by atoms with Gasteiger partial charge in [0.05, 0.1) is 13.1 Å². The maximum Gasteiger partial charge on any atom is 0.828 e. The molecule has 146 N–H and O–H groups in total. The minimum absolute atomic E-state index is 0. The van der Waals surface area contributed by atoms with Crippen molar-refractivity contribution in [2.45, 2.75) is 25.7 Å². The van der Waals surface area contributed by atoms with Crippen LogP contribution in [0.25, 0.3) is 0 Å². The molecule has 0 heterocycles. The van der Waals surface area contributed by atoms with Crippen LogP contribution in [0.15, 0.2) is 0 Å². The molecular weight excluding hydrogens is 968 g/mol. The van der Waals surface area contributed by atoms with Gasteiger partial charge in [-0.2, -0.15) is 18.3 Å². The standard InChI is InChI=1S/C10H28N2O12P4.36H3N/c13-25(14,15)7-11(8-26(16,17)18)5-3-1-2-4-6-12(9-27(19,20)21)10-28(22,23)24;;;;;;;;;;;;;;;;;;;;;;;;;;;;;;;;;;;;/h1-10H2,(H2,13,14,15)(H2,16,17,18)(H2,19,20,21)(H2,22,23,24);36*1H3/p+30. The molecule has 0 spiro atoms. The molecular formula is C10H166N38O12P4+30. The summed E-state index contributed by atoms with van der Waals surface area (Å²) in [6, 6.07) is 0. The highest BCUT2D eigenvalue weighted by molar-refractivity contribution is 7.52. The molecule has 54 heteroatoms. The Morgan fingerprint density at radius 3 is 0.391 bits per heavy atom. The van der Waals surface area contributed by atoms with Gasteiger partial charge in [-0.3, -0.25) is 9.80 Å². The van der Waals surface area contributed by atoms with E-state index < -0.39 is 30.4 Å². The number of unbranched alkanes of at least 4 members (excludes halogenated alkanes) is 3. The second kappa shape index (κ2) is 152. The Bertz CT molecular complexity index is 599. The Hall–Kier alpha value is -0.920. The average molecular weight is 1140 g/mol. The zero-order valence-corrected chi connectivity index (χ0v) is 49.4. The molecule has 0 radical (unpaired) electrons. The fourth-order valence-corrected chi connectivity index (χ4v) is 6.84. The lowest BCUT2D eigenvalue weighted by molar-refractivity contribution is -0.879. The Labute approximate surface area is 383 Å². The van der Waals surface area contributed by atoms with E-state index >= 15 is 0 Å². The first-order valence-electron chi connectivity index (χ1n) is 8.48. The Balaban J connectivity index is -0.00000000579. The van der Waals surface area contributed by atoms with Crippen molar-refractivity contribution in [2.24, 2.45) is 0 Å². The second-order valence-corrected chi connectivity index (χ2v) is 14.5. The molecule has 0 aliphatic rings. The Morgan fingerprint density at radius 1 is 0.219 bits per heavy atom. The van der Waals surface area contributed by atoms with Crippen LogP contribution in [0.4, 0.5) is 0 Å². The molecule has 0 saturated carbocycles. The summed E-state index contributed by atoms with van der Waals surface area (Å²) in [5.41, 5.74) is 0. The molecule has 458 valence electrons. The van der Waals surface area contributed by atoms with Crippen LogP contribution in [-0.2, 0) is 0 Å². The van der Waals surface area contributed by atoms with Gasteiger partial charge in [-0.25, -0.2) is 0 Å². The summed E-state index contributed by atoms with van der Waals surface area (Å²) in [6.07, 6.45) is 1.85. The molecule has 0 amide bonds. The largest absolute Gasteiger partial charge is 0.828 e. The number of quaternary nitrogens is 18. The monoisotopic (exact) mass is 1140 g/mol. The molecule has 0 unspecified atom stereocenters. The lowest BCUT2D eigenvalue weighted by Gasteiger charge is -2.12. The minimum atomic E-state index is -3.59. The SMILES string of the molecule is N.N.N.N.N.N.N.N.N.N.N.N.N.N.N.N.N.N.N.N.[NH4+].[NH4+].[NH4+].[NH4+].[NH4+].[NH4+].[NH4+].[NH4+].[NH4+].[NH4+].[NH4+].[NH4+].[NH4+].[NH4+].[NH4+].[NH4+].[OH+]=P([OH2+])([OH2+])C[NH+](CCCCCC[NH+](CP(=[OH+])([OH2+])[OH2+])CP(=[OH+])([OH2+])[OH2+])CP(=[OH+])([OH2+])[OH2+]. The van der Waals surface area contributed by atoms with Gasteiger partial charge in [0.15, 0.2) is 0 Å². The first kappa shape index (κ1) is 357. The molecule has 0 aromatic heterocycles. The average Bonchev–Trinajstić information content (AvgIpc) is 2.34. The summed E-state index contributed by atoms with van der Waals surface area (Å²) in [7, 11) is -14.3. The van der Waals surface area contributed by atoms with Gasteiger partial charge in [0.2, 0.25) is 0 Å². The first-order valence-corrected chi connectivity index (χ1v) is 16.2. The van der Waals surface area contributed by atoms with Crippen molar-refractivity contribution in [1.82, 2.24) is 221 Å². The lowest BCUT2D eigenvalue weighted by Crippen LogP contribution is -3.11. The highest BCUT2D eigenvalue weighted by Gasteiger charge is 2.52. The summed E-state index contributed by atoms with van der Waals surface area (Å²) in [5, 5.41) is 0. The number of rotatable bonds is 15. The molecule has 0 aliphatic heterocycles. The van der Waals surface area contributed by atoms with Crippen LogP contribution in [0.1, 0.15) is 25.7 Å². The number of hydrogen-bond donors (Lipinski definition) is 38. The van der Waals surface area contributed by atoms with E-state index in [0.29, 0.717) is 35.7 Å². The van der Waals surface area contributed by atoms with Crippen LogP contribution in [0.3, 0.4) is 0 Å². The van der Waals surface area contributed by atoms with Crippen molar-refractivity contribution < 1.29 is 67.2 Å². The zero-order valence-electron chi connectivity index (χ0n) is 45.8. The summed E-state index contributed by atoms with van der Waals surface area (Å²) in [4.78, 5) is 59.6. The molecule has 0 rings (SSSR count). The third kappa shape index (κ3) is 280. The van der Waals surface area contributed by atoms with Gasteiger partial charge in [0.25, 0.3) is 0 Å². The highest BCUT2D eigenvalue weighted by Crippen LogP contribution is 2.34. The smallest absolute Gasteiger partial charge is 0.369 e. The van der Waals surface area contributed by atoms with Gasteiger partial charge in [0.1, 0.15) is 0 Å². The summed E-state index contributed by atoms with van der Waals surface area (Å²) < 4.78 is 37.6. The number of nitrogens with one attached hydrogen (secondary N) is 2. The summed E-state index contributed by atoms with van der Waals surface area (Å²) >= 11 is 0. The van der Waals surface area contributed by atoms with E-state index in [4.69, 9.17) is 39.1 Å². The van der Waals surface area contributed by atoms with Gasteiger partial charge >= 0.3 is 55.5 Å². The van der Waals surface area contributed by atoms with Crippen LogP contribution < -0.4 is 231 Å². The van der Waals surface area contributed by atoms with Crippen molar-refractivity contribution in [2.75, 3.05) is 38.2 Å². The molecule has 50 nitrogen and oxygen atoms in total. The van der Waals surface area contributed by atoms with Crippen LogP contribution in [0.5, 0.6) is 0 Å². The third-order valence-corrected chi connectivity index (χ3v) is 7.24. The van der Waals surface area contributed by atoms with Crippen LogP contribution in [0, 0.1) is 0 Å². The Kier molecular flexibility index (Phi) is 847. The van der Waals surface area contributed by atoms with E-state index in [1.807, 2.05) is 0 Å². The molecule has 0 atom stereocenters. The quantitative estimate of drug-likeness (QED) is 0.0631. The van der Waals surface area contributed by atoms with Crippen LogP contribution in [0.2, 0.25) is 0 Å². The molecule has 0 saturated heterocycles. The maximum absolute atomic E-state index is 9.40. The van der Waals surface area contributed by atoms with E-state index in [0.717, 1.165) is 12.8 Å². The van der Waals surface area contributed by atoms with Crippen LogP contribution >= 0.6 is 30.4 Å². The van der Waals surface area contributed by atoms with E-state index in [1.165, 1.54) is 0 Å². The maximum atomic E-state index is 9.40. The van der Waals surface area contributed by atoms with Gasteiger partial charge in [-0.1, -0.05) is 0 Å². The van der Waals surface area contributed by atoms with Gasteiger partial charge < -0.3 is 261 Å². The van der Waals surface area contributed by atoms with Crippen molar-refractivity contribution in [3.63, 3.8) is 0 Å². The predicted molar refractivity (Wildman–Crippen MR) is 310 cm³/mol. The van der Waals surface area contributed by atoms with E-state index in [2.05, 4.69) is 0 Å². The number of hydrogen-bond acceptors (Lipinski definition) is 20. The van der Waals surface area contributed by atoms with E-state index in [1.54, 1.807) is 0 Å². The second-order valence-electron chi connectivity index (χ2n) is 7.12. The topological polar surface area (TPSA) is 1560 Å². The molecule has 0 aromatic rings. The first-order chi connectivity index (χ1) is 12.4. The van der Waals surface area contributed by atoms with Crippen molar-refractivity contribution in [3.8, 4) is 0 Å². The van der Waals surface area contributed by atoms with Crippen molar-refractivity contribution in [1.29, 1.82) is 0 Å². The summed E-state index contributed by atoms with van der Waals surface area (Å²) in [5.74, 6) is 0. The van der Waals surface area contributed by atoms with E-state index in [9.17, 15) is 18.3 Å². The highest BCUT2D eigenvalue weighted by atomic mass is 31.2. The molecule has 64 heavy (non-hydrogen) atoms. The molecule has 0 aromatic carbocycles. The third-order valence-electron chi connectivity index (χ3n) is 3.62. The lowest BCUT2D eigenvalue weighted by atomic mass is 10.2. The molecule has 0 bridgehead atoms. The fraction of sp³-hybridized carbons (Fsp3) is 1.00. The van der Waals surface area contributed by atoms with Gasteiger partial charge in [-0.05, 0) is 25.7 Å². The van der Waals surface area contributed by atoms with Crippen molar-refractivity contribution in [3.05, 3.63) is 0 Å². The normalized spacial score (nSPS) is 6.22. The predicted octanol–water partition coefficient (Wildman–Crippen LogP) is 3.74. The van der Waals surface area contributed by atoms with Gasteiger partial charge in [-0.15, -0.1) is 0 Å². The van der Waals surface area contributed by atoms with E-state index in [-0.39, 0.29) is 247 Å². The van der Waals surface area contributed by atoms with Gasteiger partial charge in [0, 0.05) is 0 Å². The summed E-state index contributed by atoms with van der Waals surface area (Å²) in [6.45, 7) is 0.818. The fourth-order valence-electron chi connectivity index (χ4n) is 2.81. The van der Waals surface area contributed by atoms with Crippen LogP contribution in [-0.4, -0.2) is 95.6 Å². The Morgan fingerprint density at radius 2 is 0.312 bits per heavy atom. The van der Waals surface area contributed by atoms with Crippen molar-refractivity contribution >= 4 is 30.4 Å². The molecule has 0 aliphatic carbocycles. The zero-order chi connectivity index (χ0) is 22.2.